The Labute approximate surface area is 139 Å². The van der Waals surface area contributed by atoms with Gasteiger partial charge in [-0.2, -0.15) is 5.26 Å². The number of H-pyrrole nitrogens is 1. The van der Waals surface area contributed by atoms with Crippen LogP contribution in [0.1, 0.15) is 5.56 Å². The zero-order valence-electron chi connectivity index (χ0n) is 12.1. The van der Waals surface area contributed by atoms with Crippen molar-refractivity contribution in [1.29, 1.82) is 5.26 Å². The summed E-state index contributed by atoms with van der Waals surface area (Å²) in [6, 6.07) is 5.28. The topological polar surface area (TPSA) is 88.0 Å². The number of rotatable bonds is 4. The van der Waals surface area contributed by atoms with Crippen molar-refractivity contribution in [1.82, 2.24) is 9.97 Å². The molecule has 0 fully saturated rings. The lowest BCUT2D eigenvalue weighted by Crippen LogP contribution is -2.14. The SMILES string of the molecule is COc1cc(-c2nc(SC)[nH]c(=O)c2C#N)cc(OC)c1Br. The van der Waals surface area contributed by atoms with Crippen LogP contribution >= 0.6 is 27.7 Å². The molecule has 0 bridgehead atoms. The van der Waals surface area contributed by atoms with Crippen LogP contribution in [0.5, 0.6) is 11.5 Å². The van der Waals surface area contributed by atoms with E-state index in [4.69, 9.17) is 9.47 Å². The van der Waals surface area contributed by atoms with Gasteiger partial charge in [0.25, 0.3) is 5.56 Å². The molecule has 0 aliphatic heterocycles. The summed E-state index contributed by atoms with van der Waals surface area (Å²) in [7, 11) is 3.04. The summed E-state index contributed by atoms with van der Waals surface area (Å²) in [5.41, 5.74) is 0.330. The normalized spacial score (nSPS) is 10.1. The predicted molar refractivity (Wildman–Crippen MR) is 87.6 cm³/mol. The molecule has 22 heavy (non-hydrogen) atoms. The minimum absolute atomic E-state index is 0.0516. The Morgan fingerprint density at radius 2 is 1.91 bits per heavy atom. The smallest absolute Gasteiger partial charge is 0.270 e. The number of hydrogen-bond acceptors (Lipinski definition) is 6. The molecular formula is C14H12BrN3O3S. The molecule has 0 aliphatic rings. The molecule has 0 saturated carbocycles. The first kappa shape index (κ1) is 16.4. The van der Waals surface area contributed by atoms with Crippen molar-refractivity contribution in [2.75, 3.05) is 20.5 Å². The van der Waals surface area contributed by atoms with E-state index in [1.165, 1.54) is 26.0 Å². The number of hydrogen-bond donors (Lipinski definition) is 1. The largest absolute Gasteiger partial charge is 0.495 e. The number of nitriles is 1. The number of ether oxygens (including phenoxy) is 2. The predicted octanol–water partition coefficient (Wildman–Crippen LogP) is 2.81. The van der Waals surface area contributed by atoms with Gasteiger partial charge in [0, 0.05) is 5.56 Å². The van der Waals surface area contributed by atoms with Gasteiger partial charge < -0.3 is 14.5 Å². The molecule has 0 amide bonds. The highest BCUT2D eigenvalue weighted by atomic mass is 79.9. The first-order valence-corrected chi connectivity index (χ1v) is 8.07. The van der Waals surface area contributed by atoms with Crippen LogP contribution in [0.25, 0.3) is 11.3 Å². The van der Waals surface area contributed by atoms with Crippen LogP contribution in [0.2, 0.25) is 0 Å². The third-order valence-corrected chi connectivity index (χ3v) is 4.28. The van der Waals surface area contributed by atoms with Gasteiger partial charge >= 0.3 is 0 Å². The molecule has 8 heteroatoms. The minimum Gasteiger partial charge on any atom is -0.495 e. The molecule has 114 valence electrons. The zero-order chi connectivity index (χ0) is 16.3. The van der Waals surface area contributed by atoms with E-state index in [2.05, 4.69) is 25.9 Å². The van der Waals surface area contributed by atoms with E-state index < -0.39 is 5.56 Å². The lowest BCUT2D eigenvalue weighted by atomic mass is 10.1. The average Bonchev–Trinajstić information content (AvgIpc) is 2.54. The zero-order valence-corrected chi connectivity index (χ0v) is 14.5. The van der Waals surface area contributed by atoms with Gasteiger partial charge in [0.15, 0.2) is 5.16 Å². The van der Waals surface area contributed by atoms with E-state index in [0.29, 0.717) is 32.4 Å². The summed E-state index contributed by atoms with van der Waals surface area (Å²) < 4.78 is 11.2. The molecule has 0 spiro atoms. The maximum absolute atomic E-state index is 12.0. The lowest BCUT2D eigenvalue weighted by molar-refractivity contribution is 0.390. The fourth-order valence-corrected chi connectivity index (χ4v) is 2.80. The lowest BCUT2D eigenvalue weighted by Gasteiger charge is -2.12. The van der Waals surface area contributed by atoms with Gasteiger partial charge in [0.2, 0.25) is 0 Å². The Kier molecular flexibility index (Phi) is 5.11. The Morgan fingerprint density at radius 1 is 1.32 bits per heavy atom. The molecular weight excluding hydrogens is 370 g/mol. The van der Waals surface area contributed by atoms with Crippen LogP contribution in [0.4, 0.5) is 0 Å². The summed E-state index contributed by atoms with van der Waals surface area (Å²) >= 11 is 4.67. The van der Waals surface area contributed by atoms with E-state index in [1.807, 2.05) is 6.07 Å². The first-order chi connectivity index (χ1) is 10.5. The van der Waals surface area contributed by atoms with Crippen molar-refractivity contribution in [3.8, 4) is 28.8 Å². The molecule has 1 aromatic heterocycles. The van der Waals surface area contributed by atoms with E-state index in [9.17, 15) is 10.1 Å². The molecule has 0 atom stereocenters. The number of halogens is 1. The summed E-state index contributed by atoms with van der Waals surface area (Å²) in [4.78, 5) is 18.9. The van der Waals surface area contributed by atoms with Gasteiger partial charge in [-0.15, -0.1) is 0 Å². The Morgan fingerprint density at radius 3 is 2.36 bits per heavy atom. The highest BCUT2D eigenvalue weighted by Crippen LogP contribution is 2.39. The van der Waals surface area contributed by atoms with E-state index in [-0.39, 0.29) is 5.56 Å². The van der Waals surface area contributed by atoms with Gasteiger partial charge in [0.1, 0.15) is 27.6 Å². The number of benzene rings is 1. The number of methoxy groups -OCH3 is 2. The van der Waals surface area contributed by atoms with Crippen LogP contribution in [0, 0.1) is 11.3 Å². The molecule has 1 N–H and O–H groups in total. The molecule has 0 saturated heterocycles. The Bertz CT molecular complexity index is 789. The van der Waals surface area contributed by atoms with Gasteiger partial charge in [-0.25, -0.2) is 4.98 Å². The molecule has 2 rings (SSSR count). The maximum Gasteiger partial charge on any atom is 0.270 e. The average molecular weight is 382 g/mol. The minimum atomic E-state index is -0.474. The summed E-state index contributed by atoms with van der Waals surface area (Å²) in [5.74, 6) is 1.04. The molecule has 0 radical (unpaired) electrons. The molecule has 0 unspecified atom stereocenters. The number of nitrogens with zero attached hydrogens (tertiary/aromatic N) is 2. The second-order valence-electron chi connectivity index (χ2n) is 4.11. The van der Waals surface area contributed by atoms with Crippen LogP contribution < -0.4 is 15.0 Å². The molecule has 6 nitrogen and oxygen atoms in total. The Balaban J connectivity index is 2.79. The van der Waals surface area contributed by atoms with Gasteiger partial charge in [0.05, 0.1) is 19.9 Å². The quantitative estimate of drug-likeness (QED) is 0.646. The van der Waals surface area contributed by atoms with Crippen LogP contribution in [0.3, 0.4) is 0 Å². The third-order valence-electron chi connectivity index (χ3n) is 2.92. The summed E-state index contributed by atoms with van der Waals surface area (Å²) in [6.45, 7) is 0. The van der Waals surface area contributed by atoms with Crippen molar-refractivity contribution < 1.29 is 9.47 Å². The highest BCUT2D eigenvalue weighted by molar-refractivity contribution is 9.10. The number of aromatic amines is 1. The number of aromatic nitrogens is 2. The van der Waals surface area contributed by atoms with Gasteiger partial charge in [-0.3, -0.25) is 4.79 Å². The Hall–Kier alpha value is -1.98. The molecule has 0 aliphatic carbocycles. The van der Waals surface area contributed by atoms with Crippen LogP contribution in [0.15, 0.2) is 26.6 Å². The number of nitrogens with one attached hydrogen (secondary N) is 1. The van der Waals surface area contributed by atoms with E-state index in [1.54, 1.807) is 18.4 Å². The first-order valence-electron chi connectivity index (χ1n) is 6.06. The van der Waals surface area contributed by atoms with E-state index >= 15 is 0 Å². The van der Waals surface area contributed by atoms with E-state index in [0.717, 1.165) is 0 Å². The molecule has 1 heterocycles. The fraction of sp³-hybridized carbons (Fsp3) is 0.214. The van der Waals surface area contributed by atoms with Crippen molar-refractivity contribution in [2.24, 2.45) is 0 Å². The number of thioether (sulfide) groups is 1. The van der Waals surface area contributed by atoms with Crippen molar-refractivity contribution in [3.63, 3.8) is 0 Å². The van der Waals surface area contributed by atoms with Crippen molar-refractivity contribution >= 4 is 27.7 Å². The van der Waals surface area contributed by atoms with Gasteiger partial charge in [-0.05, 0) is 34.3 Å². The highest BCUT2D eigenvalue weighted by Gasteiger charge is 2.17. The monoisotopic (exact) mass is 381 g/mol. The second kappa shape index (κ2) is 6.85. The van der Waals surface area contributed by atoms with Gasteiger partial charge in [-0.1, -0.05) is 11.8 Å². The van der Waals surface area contributed by atoms with Crippen LogP contribution in [-0.4, -0.2) is 30.4 Å². The maximum atomic E-state index is 12.0. The second-order valence-corrected chi connectivity index (χ2v) is 5.69. The summed E-state index contributed by atoms with van der Waals surface area (Å²) in [5, 5.41) is 9.67. The fourth-order valence-electron chi connectivity index (χ4n) is 1.87. The third kappa shape index (κ3) is 2.96. The molecule has 1 aromatic carbocycles. The van der Waals surface area contributed by atoms with Crippen molar-refractivity contribution in [3.05, 3.63) is 32.5 Å². The summed E-state index contributed by atoms with van der Waals surface area (Å²) in [6.07, 6.45) is 1.79. The molecule has 2 aromatic rings. The van der Waals surface area contributed by atoms with Crippen LogP contribution in [-0.2, 0) is 0 Å². The standard InChI is InChI=1S/C14H12BrN3O3S/c1-20-9-4-7(5-10(21-2)11(9)15)12-8(6-16)13(19)18-14(17-12)22-3/h4-5H,1-3H3,(H,17,18,19). The van der Waals surface area contributed by atoms with Crippen molar-refractivity contribution in [2.45, 2.75) is 5.16 Å².